The SMILES string of the molecule is COc1ccc(/C=N\NC(=O)CN(c2cccc(Cl)c2Cl)S(=O)(=O)c2ccccc2)cc1OC. The van der Waals surface area contributed by atoms with Crippen LogP contribution in [0.15, 0.2) is 76.7 Å². The van der Waals surface area contributed by atoms with Gasteiger partial charge in [0, 0.05) is 0 Å². The van der Waals surface area contributed by atoms with Crippen molar-refractivity contribution in [1.29, 1.82) is 0 Å². The van der Waals surface area contributed by atoms with Gasteiger partial charge in [0.2, 0.25) is 0 Å². The number of halogens is 2. The zero-order chi connectivity index (χ0) is 24.7. The number of hydrogen-bond donors (Lipinski definition) is 1. The Bertz CT molecular complexity index is 1300. The minimum Gasteiger partial charge on any atom is -0.493 e. The Morgan fingerprint density at radius 3 is 2.38 bits per heavy atom. The van der Waals surface area contributed by atoms with Gasteiger partial charge in [-0.2, -0.15) is 5.10 Å². The summed E-state index contributed by atoms with van der Waals surface area (Å²) in [6.07, 6.45) is 1.39. The van der Waals surface area contributed by atoms with Gasteiger partial charge >= 0.3 is 0 Å². The topological polar surface area (TPSA) is 97.3 Å². The molecule has 0 unspecified atom stereocenters. The van der Waals surface area contributed by atoms with Crippen molar-refractivity contribution in [3.8, 4) is 11.5 Å². The van der Waals surface area contributed by atoms with Crippen LogP contribution in [0, 0.1) is 0 Å². The molecular formula is C23H21Cl2N3O5S. The minimum atomic E-state index is -4.14. The van der Waals surface area contributed by atoms with Crippen molar-refractivity contribution in [3.63, 3.8) is 0 Å². The van der Waals surface area contributed by atoms with Gasteiger partial charge in [-0.05, 0) is 48.0 Å². The number of carbonyl (C=O) groups excluding carboxylic acids is 1. The summed E-state index contributed by atoms with van der Waals surface area (Å²) in [5, 5.41) is 4.07. The van der Waals surface area contributed by atoms with E-state index < -0.39 is 22.5 Å². The lowest BCUT2D eigenvalue weighted by Crippen LogP contribution is -2.39. The van der Waals surface area contributed by atoms with Crippen LogP contribution in [0.4, 0.5) is 5.69 Å². The number of rotatable bonds is 9. The molecule has 34 heavy (non-hydrogen) atoms. The second-order valence-electron chi connectivity index (χ2n) is 6.81. The average molecular weight is 522 g/mol. The van der Waals surface area contributed by atoms with Gasteiger partial charge in [-0.3, -0.25) is 9.10 Å². The fourth-order valence-electron chi connectivity index (χ4n) is 2.98. The molecule has 178 valence electrons. The highest BCUT2D eigenvalue weighted by atomic mass is 35.5. The first-order chi connectivity index (χ1) is 16.3. The van der Waals surface area contributed by atoms with Crippen LogP contribution in [0.2, 0.25) is 10.0 Å². The third-order valence-corrected chi connectivity index (χ3v) is 7.21. The minimum absolute atomic E-state index is 0.00491. The predicted octanol–water partition coefficient (Wildman–Crippen LogP) is 4.36. The summed E-state index contributed by atoms with van der Waals surface area (Å²) in [4.78, 5) is 12.7. The van der Waals surface area contributed by atoms with Crippen LogP contribution in [0.5, 0.6) is 11.5 Å². The molecule has 0 atom stereocenters. The Morgan fingerprint density at radius 2 is 1.71 bits per heavy atom. The van der Waals surface area contributed by atoms with Crippen LogP contribution in [-0.2, 0) is 14.8 Å². The van der Waals surface area contributed by atoms with Gasteiger partial charge in [-0.25, -0.2) is 13.8 Å². The number of hydrogen-bond acceptors (Lipinski definition) is 6. The van der Waals surface area contributed by atoms with Gasteiger partial charge in [0.05, 0.1) is 41.1 Å². The van der Waals surface area contributed by atoms with Crippen molar-refractivity contribution in [1.82, 2.24) is 5.43 Å². The largest absolute Gasteiger partial charge is 0.493 e. The van der Waals surface area contributed by atoms with Crippen LogP contribution in [0.25, 0.3) is 0 Å². The molecule has 0 fully saturated rings. The molecule has 3 aromatic rings. The zero-order valence-corrected chi connectivity index (χ0v) is 20.6. The fraction of sp³-hybridized carbons (Fsp3) is 0.130. The molecule has 8 nitrogen and oxygen atoms in total. The molecule has 11 heteroatoms. The van der Waals surface area contributed by atoms with Crippen LogP contribution in [-0.4, -0.2) is 41.3 Å². The summed E-state index contributed by atoms with van der Waals surface area (Å²) in [5.41, 5.74) is 3.03. The van der Waals surface area contributed by atoms with Gasteiger partial charge in [0.25, 0.3) is 15.9 Å². The summed E-state index contributed by atoms with van der Waals surface area (Å²) in [7, 11) is -1.11. The summed E-state index contributed by atoms with van der Waals surface area (Å²) < 4.78 is 38.0. The van der Waals surface area contributed by atoms with Crippen LogP contribution < -0.4 is 19.2 Å². The molecule has 0 aliphatic heterocycles. The van der Waals surface area contributed by atoms with Gasteiger partial charge in [0.15, 0.2) is 11.5 Å². The Kier molecular flexibility index (Phi) is 8.38. The molecule has 0 saturated heterocycles. The Labute approximate surface area is 207 Å². The molecule has 0 radical (unpaired) electrons. The molecular weight excluding hydrogens is 501 g/mol. The number of nitrogens with one attached hydrogen (secondary N) is 1. The highest BCUT2D eigenvalue weighted by molar-refractivity contribution is 7.92. The Balaban J connectivity index is 1.85. The van der Waals surface area contributed by atoms with Gasteiger partial charge in [0.1, 0.15) is 6.54 Å². The second kappa shape index (κ2) is 11.2. The highest BCUT2D eigenvalue weighted by Crippen LogP contribution is 2.35. The van der Waals surface area contributed by atoms with E-state index in [0.717, 1.165) is 4.31 Å². The number of carbonyl (C=O) groups is 1. The van der Waals surface area contributed by atoms with Crippen molar-refractivity contribution in [2.45, 2.75) is 4.90 Å². The number of hydrazone groups is 1. The van der Waals surface area contributed by atoms with Crippen LogP contribution in [0.3, 0.4) is 0 Å². The Hall–Kier alpha value is -3.27. The first kappa shape index (κ1) is 25.4. The van der Waals surface area contributed by atoms with E-state index in [1.54, 1.807) is 42.5 Å². The Morgan fingerprint density at radius 1 is 1.00 bits per heavy atom. The number of nitrogens with zero attached hydrogens (tertiary/aromatic N) is 2. The molecule has 0 bridgehead atoms. The number of amides is 1. The van der Waals surface area contributed by atoms with E-state index in [0.29, 0.717) is 17.1 Å². The normalized spacial score (nSPS) is 11.3. The average Bonchev–Trinajstić information content (AvgIpc) is 2.84. The number of anilines is 1. The third kappa shape index (κ3) is 5.80. The van der Waals surface area contributed by atoms with E-state index in [-0.39, 0.29) is 20.6 Å². The molecule has 0 aliphatic carbocycles. The molecule has 3 aromatic carbocycles. The fourth-order valence-corrected chi connectivity index (χ4v) is 4.88. The van der Waals surface area contributed by atoms with Crippen molar-refractivity contribution in [2.75, 3.05) is 25.1 Å². The van der Waals surface area contributed by atoms with Crippen molar-refractivity contribution >= 4 is 51.0 Å². The molecule has 0 heterocycles. The lowest BCUT2D eigenvalue weighted by atomic mass is 10.2. The molecule has 0 saturated carbocycles. The van der Waals surface area contributed by atoms with E-state index in [9.17, 15) is 13.2 Å². The summed E-state index contributed by atoms with van der Waals surface area (Å²) >= 11 is 12.4. The summed E-state index contributed by atoms with van der Waals surface area (Å²) in [6, 6.07) is 17.3. The number of benzene rings is 3. The maximum atomic E-state index is 13.3. The lowest BCUT2D eigenvalue weighted by Gasteiger charge is -2.24. The highest BCUT2D eigenvalue weighted by Gasteiger charge is 2.29. The van der Waals surface area contributed by atoms with Gasteiger partial charge < -0.3 is 9.47 Å². The smallest absolute Gasteiger partial charge is 0.264 e. The molecule has 0 spiro atoms. The molecule has 3 rings (SSSR count). The van der Waals surface area contributed by atoms with E-state index in [4.69, 9.17) is 32.7 Å². The summed E-state index contributed by atoms with van der Waals surface area (Å²) in [5.74, 6) is 0.352. The maximum absolute atomic E-state index is 13.3. The standard InChI is InChI=1S/C23H21Cl2N3O5S/c1-32-20-12-11-16(13-21(20)33-2)14-26-27-22(29)15-28(19-10-6-9-18(24)23(19)25)34(30,31)17-7-4-3-5-8-17/h3-14H,15H2,1-2H3,(H,27,29)/b26-14-. The number of sulfonamides is 1. The second-order valence-corrected chi connectivity index (χ2v) is 9.45. The summed E-state index contributed by atoms with van der Waals surface area (Å²) in [6.45, 7) is -0.583. The number of methoxy groups -OCH3 is 2. The van der Waals surface area contributed by atoms with Crippen molar-refractivity contribution < 1.29 is 22.7 Å². The number of ether oxygens (including phenoxy) is 2. The van der Waals surface area contributed by atoms with E-state index in [2.05, 4.69) is 10.5 Å². The van der Waals surface area contributed by atoms with Gasteiger partial charge in [-0.1, -0.05) is 47.5 Å². The zero-order valence-electron chi connectivity index (χ0n) is 18.2. The first-order valence-electron chi connectivity index (χ1n) is 9.83. The van der Waals surface area contributed by atoms with Crippen LogP contribution in [0.1, 0.15) is 5.56 Å². The molecule has 0 aliphatic rings. The van der Waals surface area contributed by atoms with E-state index in [1.807, 2.05) is 0 Å². The van der Waals surface area contributed by atoms with E-state index >= 15 is 0 Å². The van der Waals surface area contributed by atoms with Crippen molar-refractivity contribution in [3.05, 3.63) is 82.3 Å². The third-order valence-electron chi connectivity index (χ3n) is 4.63. The van der Waals surface area contributed by atoms with Crippen molar-refractivity contribution in [2.24, 2.45) is 5.10 Å². The van der Waals surface area contributed by atoms with E-state index in [1.165, 1.54) is 44.7 Å². The monoisotopic (exact) mass is 521 g/mol. The predicted molar refractivity (Wildman–Crippen MR) is 133 cm³/mol. The maximum Gasteiger partial charge on any atom is 0.264 e. The molecule has 1 N–H and O–H groups in total. The molecule has 1 amide bonds. The van der Waals surface area contributed by atoms with Crippen LogP contribution >= 0.6 is 23.2 Å². The first-order valence-corrected chi connectivity index (χ1v) is 12.0. The quantitative estimate of drug-likeness (QED) is 0.333. The van der Waals surface area contributed by atoms with Gasteiger partial charge in [-0.15, -0.1) is 0 Å². The molecule has 0 aromatic heterocycles. The lowest BCUT2D eigenvalue weighted by molar-refractivity contribution is -0.119.